The van der Waals surface area contributed by atoms with E-state index in [2.05, 4.69) is 21.2 Å². The van der Waals surface area contributed by atoms with Crippen LogP contribution in [0.15, 0.2) is 22.7 Å². The van der Waals surface area contributed by atoms with Gasteiger partial charge in [-0.25, -0.2) is 0 Å². The number of amides is 1. The van der Waals surface area contributed by atoms with Crippen LogP contribution in [0.4, 0.5) is 5.69 Å². The molecule has 1 heterocycles. The monoisotopic (exact) mass is 330 g/mol. The smallest absolute Gasteiger partial charge is 0.219 e. The van der Waals surface area contributed by atoms with E-state index in [9.17, 15) is 4.79 Å². The Bertz CT molecular complexity index is 445. The number of rotatable bonds is 2. The largest absolute Gasteiger partial charge is 0.381 e. The summed E-state index contributed by atoms with van der Waals surface area (Å²) in [5, 5.41) is 4.20. The molecule has 18 heavy (non-hydrogen) atoms. The summed E-state index contributed by atoms with van der Waals surface area (Å²) in [5.41, 5.74) is 1.02. The van der Waals surface area contributed by atoms with Crippen molar-refractivity contribution in [2.75, 3.05) is 18.4 Å². The van der Waals surface area contributed by atoms with Gasteiger partial charge < -0.3 is 10.2 Å². The minimum atomic E-state index is 0.164. The molecule has 0 bridgehead atoms. The summed E-state index contributed by atoms with van der Waals surface area (Å²) in [4.78, 5) is 13.1. The predicted octanol–water partition coefficient (Wildman–Crippen LogP) is 3.53. The number of nitrogens with zero attached hydrogens (tertiary/aromatic N) is 1. The van der Waals surface area contributed by atoms with Crippen LogP contribution in [0.2, 0.25) is 5.02 Å². The molecule has 0 aliphatic carbocycles. The van der Waals surface area contributed by atoms with Gasteiger partial charge in [-0.05, 0) is 47.0 Å². The van der Waals surface area contributed by atoms with Gasteiger partial charge in [-0.3, -0.25) is 4.79 Å². The first-order chi connectivity index (χ1) is 8.56. The highest BCUT2D eigenvalue weighted by Crippen LogP contribution is 2.28. The molecule has 3 nitrogen and oxygen atoms in total. The number of halogens is 2. The summed E-state index contributed by atoms with van der Waals surface area (Å²) >= 11 is 9.49. The molecule has 0 spiro atoms. The second-order valence-electron chi connectivity index (χ2n) is 4.55. The van der Waals surface area contributed by atoms with E-state index in [-0.39, 0.29) is 5.91 Å². The van der Waals surface area contributed by atoms with Gasteiger partial charge in [0.2, 0.25) is 5.91 Å². The number of benzene rings is 1. The third-order valence-electron chi connectivity index (χ3n) is 3.23. The predicted molar refractivity (Wildman–Crippen MR) is 78.1 cm³/mol. The van der Waals surface area contributed by atoms with E-state index in [1.807, 2.05) is 23.1 Å². The summed E-state index contributed by atoms with van der Waals surface area (Å²) in [6, 6.07) is 6.11. The lowest BCUT2D eigenvalue weighted by molar-refractivity contribution is -0.129. The summed E-state index contributed by atoms with van der Waals surface area (Å²) in [5.74, 6) is 0.164. The van der Waals surface area contributed by atoms with Crippen molar-refractivity contribution in [2.24, 2.45) is 0 Å². The van der Waals surface area contributed by atoms with Crippen LogP contribution in [0.5, 0.6) is 0 Å². The number of hydrogen-bond acceptors (Lipinski definition) is 2. The van der Waals surface area contributed by atoms with Gasteiger partial charge in [-0.2, -0.15) is 0 Å². The van der Waals surface area contributed by atoms with Gasteiger partial charge in [0.15, 0.2) is 0 Å². The number of hydrogen-bond donors (Lipinski definition) is 1. The Hall–Kier alpha value is -0.740. The Balaban J connectivity index is 1.95. The van der Waals surface area contributed by atoms with Crippen molar-refractivity contribution >= 4 is 39.1 Å². The van der Waals surface area contributed by atoms with Crippen LogP contribution < -0.4 is 5.32 Å². The Morgan fingerprint density at radius 3 is 2.72 bits per heavy atom. The van der Waals surface area contributed by atoms with Gasteiger partial charge in [0.25, 0.3) is 0 Å². The van der Waals surface area contributed by atoms with Crippen molar-refractivity contribution in [3.05, 3.63) is 27.7 Å². The number of carbonyl (C=O) groups excluding carboxylic acids is 1. The highest BCUT2D eigenvalue weighted by molar-refractivity contribution is 9.10. The maximum atomic E-state index is 11.2. The van der Waals surface area contributed by atoms with Crippen LogP contribution >= 0.6 is 27.5 Å². The van der Waals surface area contributed by atoms with Gasteiger partial charge in [0.1, 0.15) is 0 Å². The van der Waals surface area contributed by atoms with Crippen LogP contribution in [0, 0.1) is 0 Å². The van der Waals surface area contributed by atoms with Gasteiger partial charge in [-0.15, -0.1) is 0 Å². The minimum Gasteiger partial charge on any atom is -0.381 e. The molecular formula is C13H16BrClN2O. The lowest BCUT2D eigenvalue weighted by atomic mass is 10.0. The zero-order valence-corrected chi connectivity index (χ0v) is 12.6. The maximum Gasteiger partial charge on any atom is 0.219 e. The molecular weight excluding hydrogens is 316 g/mol. The molecule has 1 aromatic rings. The van der Waals surface area contributed by atoms with Crippen molar-refractivity contribution < 1.29 is 4.79 Å². The van der Waals surface area contributed by atoms with Crippen LogP contribution in [0.25, 0.3) is 0 Å². The van der Waals surface area contributed by atoms with Crippen molar-refractivity contribution in [1.82, 2.24) is 4.90 Å². The summed E-state index contributed by atoms with van der Waals surface area (Å²) in [6.45, 7) is 3.28. The highest BCUT2D eigenvalue weighted by Gasteiger charge is 2.20. The number of likely N-dealkylation sites (tertiary alicyclic amines) is 1. The minimum absolute atomic E-state index is 0.164. The Morgan fingerprint density at radius 2 is 2.11 bits per heavy atom. The van der Waals surface area contributed by atoms with E-state index in [1.165, 1.54) is 0 Å². The molecule has 0 saturated carbocycles. The number of carbonyl (C=O) groups is 1. The van der Waals surface area contributed by atoms with E-state index in [4.69, 9.17) is 11.6 Å². The first-order valence-electron chi connectivity index (χ1n) is 6.03. The molecule has 0 aromatic heterocycles. The first kappa shape index (κ1) is 13.7. The van der Waals surface area contributed by atoms with Crippen LogP contribution in [0.3, 0.4) is 0 Å². The molecule has 98 valence electrons. The normalized spacial score (nSPS) is 16.7. The molecule has 1 saturated heterocycles. The van der Waals surface area contributed by atoms with Crippen LogP contribution in [0.1, 0.15) is 19.8 Å². The Kier molecular flexibility index (Phi) is 4.51. The molecule has 5 heteroatoms. The van der Waals surface area contributed by atoms with Gasteiger partial charge >= 0.3 is 0 Å². The zero-order valence-electron chi connectivity index (χ0n) is 10.2. The average molecular weight is 332 g/mol. The molecule has 2 rings (SSSR count). The topological polar surface area (TPSA) is 32.3 Å². The first-order valence-corrected chi connectivity index (χ1v) is 7.20. The quantitative estimate of drug-likeness (QED) is 0.899. The summed E-state index contributed by atoms with van der Waals surface area (Å²) < 4.78 is 1.01. The lowest BCUT2D eigenvalue weighted by Gasteiger charge is -2.32. The lowest BCUT2D eigenvalue weighted by Crippen LogP contribution is -2.41. The number of anilines is 1. The van der Waals surface area contributed by atoms with Crippen LogP contribution in [-0.4, -0.2) is 29.9 Å². The SMILES string of the molecule is CC(=O)N1CCC(Nc2cc(Cl)ccc2Br)CC1. The van der Waals surface area contributed by atoms with E-state index in [0.29, 0.717) is 6.04 Å². The fourth-order valence-corrected chi connectivity index (χ4v) is 2.70. The number of nitrogens with one attached hydrogen (secondary N) is 1. The van der Waals surface area contributed by atoms with E-state index < -0.39 is 0 Å². The fourth-order valence-electron chi connectivity index (χ4n) is 2.17. The standard InChI is InChI=1S/C13H16BrClN2O/c1-9(18)17-6-4-11(5-7-17)16-13-8-10(15)2-3-12(13)14/h2-3,8,11,16H,4-7H2,1H3. The molecule has 1 aromatic carbocycles. The molecule has 1 fully saturated rings. The summed E-state index contributed by atoms with van der Waals surface area (Å²) in [7, 11) is 0. The Morgan fingerprint density at radius 1 is 1.44 bits per heavy atom. The molecule has 0 atom stereocenters. The second kappa shape index (κ2) is 5.93. The van der Waals surface area contributed by atoms with Crippen molar-refractivity contribution in [1.29, 1.82) is 0 Å². The van der Waals surface area contributed by atoms with Gasteiger partial charge in [0.05, 0.1) is 5.69 Å². The van der Waals surface area contributed by atoms with Gasteiger partial charge in [0, 0.05) is 35.6 Å². The van der Waals surface area contributed by atoms with E-state index >= 15 is 0 Å². The molecule has 1 N–H and O–H groups in total. The zero-order chi connectivity index (χ0) is 13.1. The molecule has 1 aliphatic heterocycles. The second-order valence-corrected chi connectivity index (χ2v) is 5.84. The summed E-state index contributed by atoms with van der Waals surface area (Å²) in [6.07, 6.45) is 1.94. The third-order valence-corrected chi connectivity index (χ3v) is 4.15. The van der Waals surface area contributed by atoms with Crippen LogP contribution in [-0.2, 0) is 4.79 Å². The molecule has 1 amide bonds. The van der Waals surface area contributed by atoms with E-state index in [1.54, 1.807) is 6.92 Å². The fraction of sp³-hybridized carbons (Fsp3) is 0.462. The van der Waals surface area contributed by atoms with Crippen molar-refractivity contribution in [2.45, 2.75) is 25.8 Å². The molecule has 0 unspecified atom stereocenters. The van der Waals surface area contributed by atoms with Crippen molar-refractivity contribution in [3.8, 4) is 0 Å². The molecule has 0 radical (unpaired) electrons. The third kappa shape index (κ3) is 3.39. The number of piperidine rings is 1. The maximum absolute atomic E-state index is 11.2. The van der Waals surface area contributed by atoms with E-state index in [0.717, 1.165) is 41.1 Å². The van der Waals surface area contributed by atoms with Gasteiger partial charge in [-0.1, -0.05) is 11.6 Å². The molecule has 1 aliphatic rings. The van der Waals surface area contributed by atoms with Crippen molar-refractivity contribution in [3.63, 3.8) is 0 Å². The highest BCUT2D eigenvalue weighted by atomic mass is 79.9. The average Bonchev–Trinajstić information content (AvgIpc) is 2.34. The Labute approximate surface area is 121 Å².